The molecule has 3 N–H and O–H groups in total. The first-order chi connectivity index (χ1) is 21.4. The lowest BCUT2D eigenvalue weighted by Gasteiger charge is -2.70. The summed E-state index contributed by atoms with van der Waals surface area (Å²) in [5, 5.41) is 36.6. The monoisotopic (exact) mass is 631 g/mol. The number of fused-ring (bicyclic) bond motifs is 2. The van der Waals surface area contributed by atoms with Gasteiger partial charge in [0, 0.05) is 83.0 Å². The van der Waals surface area contributed by atoms with Crippen LogP contribution in [0, 0.1) is 34.5 Å². The Morgan fingerprint density at radius 1 is 1.00 bits per heavy atom. The largest absolute Gasteiger partial charge is 0.455 e. The van der Waals surface area contributed by atoms with Gasteiger partial charge in [-0.15, -0.1) is 0 Å². The van der Waals surface area contributed by atoms with E-state index in [4.69, 9.17) is 28.4 Å². The first-order valence-corrected chi connectivity index (χ1v) is 15.8. The third-order valence-corrected chi connectivity index (χ3v) is 12.9. The molecule has 0 radical (unpaired) electrons. The number of carbonyl (C=O) groups excluding carboxylic acids is 2. The van der Waals surface area contributed by atoms with E-state index in [1.54, 1.807) is 51.7 Å². The Bertz CT molecular complexity index is 1350. The van der Waals surface area contributed by atoms with Gasteiger partial charge in [-0.2, -0.15) is 0 Å². The standard InChI is InChI=1S/C33H45NO11/c1-16(35)45-33-21-18(13-31(39,26(37)28(33)43-6)27(21)44-29(38)17-10-8-7-9-11-17)32-20(41-4)12-19(36)30(15-40-3)14-34(2)25(32)22(33)23(42-5)24(30)32/h7-11,18-28,36-37,39H,12-15H2,1-6H3/t18-,19+,20-,21-,22-,23+,24-,25+,26-,27-,28+,30-,31-,32+,33-/m1/s1. The second kappa shape index (κ2) is 10.4. The van der Waals surface area contributed by atoms with Crippen molar-refractivity contribution in [2.24, 2.45) is 34.5 Å². The Morgan fingerprint density at radius 2 is 1.71 bits per heavy atom. The molecule has 0 aromatic heterocycles. The Morgan fingerprint density at radius 3 is 2.31 bits per heavy atom. The molecule has 5 saturated carbocycles. The van der Waals surface area contributed by atoms with E-state index in [0.717, 1.165) is 0 Å². The minimum absolute atomic E-state index is 0.0253. The third-order valence-electron chi connectivity index (χ3n) is 12.9. The van der Waals surface area contributed by atoms with E-state index in [2.05, 4.69) is 4.90 Å². The highest BCUT2D eigenvalue weighted by Gasteiger charge is 2.92. The summed E-state index contributed by atoms with van der Waals surface area (Å²) in [4.78, 5) is 29.1. The molecular formula is C33H45NO11. The Labute approximate surface area is 262 Å². The van der Waals surface area contributed by atoms with Crippen molar-refractivity contribution < 1.29 is 53.3 Å². The van der Waals surface area contributed by atoms with E-state index in [1.807, 2.05) is 7.05 Å². The number of hydrogen-bond acceptors (Lipinski definition) is 12. The highest BCUT2D eigenvalue weighted by atomic mass is 16.6. The van der Waals surface area contributed by atoms with Gasteiger partial charge in [-0.1, -0.05) is 18.2 Å². The lowest BCUT2D eigenvalue weighted by atomic mass is 9.42. The normalized spacial score (nSPS) is 50.7. The maximum Gasteiger partial charge on any atom is 0.338 e. The molecule has 7 rings (SSSR count). The SMILES string of the molecule is COC[C@@]12CN(C)[C@H]3[C@H]4[C@H](OC)[C@H]1[C@]3([C@@H]1C[C@@]3(O)[C@H](O)[C@H](OC)[C@@]4(OC(C)=O)[C@H]1[C@H]3OC(=O)c1ccccc1)[C@H](OC)C[C@@H]2O. The van der Waals surface area contributed by atoms with E-state index < -0.39 is 88.3 Å². The topological polar surface area (TPSA) is 153 Å². The molecule has 6 aliphatic rings. The molecular weight excluding hydrogens is 586 g/mol. The second-order valence-electron chi connectivity index (χ2n) is 14.3. The van der Waals surface area contributed by atoms with Gasteiger partial charge in [-0.3, -0.25) is 4.79 Å². The van der Waals surface area contributed by atoms with Crippen LogP contribution >= 0.6 is 0 Å². The minimum atomic E-state index is -1.93. The van der Waals surface area contributed by atoms with E-state index in [1.165, 1.54) is 14.0 Å². The molecule has 1 aromatic rings. The van der Waals surface area contributed by atoms with Gasteiger partial charge in [0.05, 0.1) is 30.5 Å². The number of piperidine rings is 1. The Balaban J connectivity index is 1.52. The summed E-state index contributed by atoms with van der Waals surface area (Å²) in [6.45, 7) is 2.04. The van der Waals surface area contributed by atoms with Crippen LogP contribution in [0.25, 0.3) is 0 Å². The van der Waals surface area contributed by atoms with Gasteiger partial charge in [-0.25, -0.2) is 4.79 Å². The molecule has 1 aromatic carbocycles. The van der Waals surface area contributed by atoms with Crippen molar-refractivity contribution in [3.63, 3.8) is 0 Å². The number of esters is 2. The summed E-state index contributed by atoms with van der Waals surface area (Å²) in [5.41, 5.74) is -4.79. The number of rotatable bonds is 8. The predicted molar refractivity (Wildman–Crippen MR) is 156 cm³/mol. The zero-order valence-electron chi connectivity index (χ0n) is 26.6. The molecule has 1 aliphatic heterocycles. The number of ether oxygens (including phenoxy) is 6. The molecule has 1 spiro atoms. The third kappa shape index (κ3) is 3.55. The van der Waals surface area contributed by atoms with Gasteiger partial charge in [0.25, 0.3) is 0 Å². The van der Waals surface area contributed by atoms with Crippen LogP contribution < -0.4 is 0 Å². The van der Waals surface area contributed by atoms with Crippen molar-refractivity contribution in [1.29, 1.82) is 0 Å². The van der Waals surface area contributed by atoms with Gasteiger partial charge in [0.1, 0.15) is 23.9 Å². The fourth-order valence-corrected chi connectivity index (χ4v) is 12.2. The lowest BCUT2D eigenvalue weighted by Crippen LogP contribution is -2.81. The number of aliphatic hydroxyl groups is 3. The second-order valence-corrected chi connectivity index (χ2v) is 14.3. The Hall–Kier alpha value is -2.16. The molecule has 12 heteroatoms. The zero-order valence-corrected chi connectivity index (χ0v) is 26.6. The van der Waals surface area contributed by atoms with Gasteiger partial charge >= 0.3 is 11.9 Å². The van der Waals surface area contributed by atoms with E-state index in [9.17, 15) is 24.9 Å². The average molecular weight is 632 g/mol. The first-order valence-electron chi connectivity index (χ1n) is 15.8. The summed E-state index contributed by atoms with van der Waals surface area (Å²) in [5.74, 6) is -3.54. The molecule has 0 unspecified atom stereocenters. The molecule has 45 heavy (non-hydrogen) atoms. The molecule has 1 saturated heterocycles. The van der Waals surface area contributed by atoms with Crippen LogP contribution in [0.1, 0.15) is 30.1 Å². The van der Waals surface area contributed by atoms with Crippen molar-refractivity contribution in [1.82, 2.24) is 4.90 Å². The van der Waals surface area contributed by atoms with Gasteiger partial charge in [0.2, 0.25) is 0 Å². The molecule has 5 aliphatic carbocycles. The maximum absolute atomic E-state index is 13.7. The number of hydrogen-bond donors (Lipinski definition) is 3. The smallest absolute Gasteiger partial charge is 0.338 e. The molecule has 248 valence electrons. The van der Waals surface area contributed by atoms with Crippen LogP contribution in [0.15, 0.2) is 30.3 Å². The van der Waals surface area contributed by atoms with E-state index in [0.29, 0.717) is 13.0 Å². The molecule has 7 bridgehead atoms. The van der Waals surface area contributed by atoms with Crippen molar-refractivity contribution in [3.05, 3.63) is 35.9 Å². The molecule has 0 amide bonds. The van der Waals surface area contributed by atoms with Crippen molar-refractivity contribution >= 4 is 11.9 Å². The van der Waals surface area contributed by atoms with E-state index >= 15 is 0 Å². The summed E-state index contributed by atoms with van der Waals surface area (Å²) in [6.07, 6.45) is -5.57. The average Bonchev–Trinajstić information content (AvgIpc) is 3.41. The molecule has 12 nitrogen and oxygen atoms in total. The predicted octanol–water partition coefficient (Wildman–Crippen LogP) is 0.258. The summed E-state index contributed by atoms with van der Waals surface area (Å²) < 4.78 is 37.4. The van der Waals surface area contributed by atoms with Crippen molar-refractivity contribution in [3.8, 4) is 0 Å². The van der Waals surface area contributed by atoms with Crippen LogP contribution in [0.4, 0.5) is 0 Å². The van der Waals surface area contributed by atoms with Crippen molar-refractivity contribution in [2.45, 2.75) is 73.6 Å². The van der Waals surface area contributed by atoms with Crippen LogP contribution in [0.2, 0.25) is 0 Å². The summed E-state index contributed by atoms with van der Waals surface area (Å²) in [7, 11) is 8.27. The zero-order chi connectivity index (χ0) is 32.3. The lowest BCUT2D eigenvalue weighted by molar-refractivity contribution is -0.322. The summed E-state index contributed by atoms with van der Waals surface area (Å²) >= 11 is 0. The van der Waals surface area contributed by atoms with Crippen molar-refractivity contribution in [2.75, 3.05) is 48.6 Å². The maximum atomic E-state index is 13.7. The van der Waals surface area contributed by atoms with Gasteiger partial charge in [0.15, 0.2) is 5.60 Å². The van der Waals surface area contributed by atoms with Crippen LogP contribution in [0.5, 0.6) is 0 Å². The first kappa shape index (κ1) is 31.4. The van der Waals surface area contributed by atoms with Crippen LogP contribution in [-0.2, 0) is 33.2 Å². The van der Waals surface area contributed by atoms with E-state index in [-0.39, 0.29) is 30.6 Å². The van der Waals surface area contributed by atoms with Gasteiger partial charge in [-0.05, 0) is 31.5 Å². The number of likely N-dealkylation sites (tertiary alicyclic amines) is 1. The molecule has 6 fully saturated rings. The highest BCUT2D eigenvalue weighted by molar-refractivity contribution is 5.89. The Kier molecular flexibility index (Phi) is 7.28. The number of aliphatic hydroxyl groups excluding tert-OH is 2. The fraction of sp³-hybridized carbons (Fsp3) is 0.758. The van der Waals surface area contributed by atoms with Gasteiger partial charge < -0.3 is 48.6 Å². The van der Waals surface area contributed by atoms with Crippen LogP contribution in [0.3, 0.4) is 0 Å². The minimum Gasteiger partial charge on any atom is -0.455 e. The highest BCUT2D eigenvalue weighted by Crippen LogP contribution is 2.80. The number of carbonyl (C=O) groups is 2. The number of benzene rings is 1. The quantitative estimate of drug-likeness (QED) is 0.337. The number of nitrogens with zero attached hydrogens (tertiary/aromatic N) is 1. The fourth-order valence-electron chi connectivity index (χ4n) is 12.2. The number of methoxy groups -OCH3 is 4. The molecule has 1 heterocycles. The summed E-state index contributed by atoms with van der Waals surface area (Å²) in [6, 6.07) is 8.14. The molecule has 15 atom stereocenters. The van der Waals surface area contributed by atoms with Crippen LogP contribution in [-0.4, -0.2) is 135 Å².